The quantitative estimate of drug-likeness (QED) is 0.508. The second kappa shape index (κ2) is 9.51. The molecule has 0 rings (SSSR count). The van der Waals surface area contributed by atoms with Crippen molar-refractivity contribution in [3.8, 4) is 0 Å². The molecule has 0 fully saturated rings. The third-order valence-corrected chi connectivity index (χ3v) is 3.25. The third kappa shape index (κ3) is 7.37. The van der Waals surface area contributed by atoms with Gasteiger partial charge in [-0.3, -0.25) is 0 Å². The number of hydrogen-bond acceptors (Lipinski definition) is 1. The minimum atomic E-state index is 0.968. The number of rotatable bonds is 9. The fourth-order valence-corrected chi connectivity index (χ4v) is 1.80. The van der Waals surface area contributed by atoms with Gasteiger partial charge in [-0.05, 0) is 32.5 Å². The maximum Gasteiger partial charge on any atom is -0.00193 e. The van der Waals surface area contributed by atoms with Gasteiger partial charge in [0.15, 0.2) is 0 Å². The van der Waals surface area contributed by atoms with Crippen LogP contribution in [-0.4, -0.2) is 25.0 Å². The molecule has 14 heavy (non-hydrogen) atoms. The maximum atomic E-state index is 2.42. The molecule has 1 nitrogen and oxygen atoms in total. The van der Waals surface area contributed by atoms with E-state index in [0.717, 1.165) is 5.92 Å². The fourth-order valence-electron chi connectivity index (χ4n) is 1.80. The largest absolute Gasteiger partial charge is 0.307 e. The molecule has 0 saturated heterocycles. The molecule has 0 aromatic rings. The topological polar surface area (TPSA) is 3.24 Å². The summed E-state index contributed by atoms with van der Waals surface area (Å²) >= 11 is 0. The Balaban J connectivity index is 3.47. The molecule has 0 aliphatic heterocycles. The summed E-state index contributed by atoms with van der Waals surface area (Å²) in [5.41, 5.74) is 0. The monoisotopic (exact) mass is 199 g/mol. The molecule has 86 valence electrons. The van der Waals surface area contributed by atoms with Crippen LogP contribution in [0.3, 0.4) is 0 Å². The first-order valence-corrected chi connectivity index (χ1v) is 6.43. The summed E-state index contributed by atoms with van der Waals surface area (Å²) in [7, 11) is 2.22. The summed E-state index contributed by atoms with van der Waals surface area (Å²) < 4.78 is 0. The predicted octanol–water partition coefficient (Wildman–Crippen LogP) is 3.93. The molecule has 0 N–H and O–H groups in total. The molecule has 0 spiro atoms. The fraction of sp³-hybridized carbons (Fsp3) is 1.00. The van der Waals surface area contributed by atoms with Crippen LogP contribution in [0.5, 0.6) is 0 Å². The number of hydrogen-bond donors (Lipinski definition) is 0. The van der Waals surface area contributed by atoms with Crippen molar-refractivity contribution in [1.29, 1.82) is 0 Å². The Hall–Kier alpha value is -0.0400. The van der Waals surface area contributed by atoms with E-state index in [1.165, 1.54) is 51.6 Å². The van der Waals surface area contributed by atoms with E-state index in [1.54, 1.807) is 0 Å². The predicted molar refractivity (Wildman–Crippen MR) is 65.7 cm³/mol. The molecule has 0 bridgehead atoms. The van der Waals surface area contributed by atoms with Gasteiger partial charge in [-0.2, -0.15) is 0 Å². The lowest BCUT2D eigenvalue weighted by atomic mass is 9.95. The molecular formula is C13H29N. The van der Waals surface area contributed by atoms with E-state index in [-0.39, 0.29) is 0 Å². The van der Waals surface area contributed by atoms with Gasteiger partial charge in [0.2, 0.25) is 0 Å². The summed E-state index contributed by atoms with van der Waals surface area (Å²) in [5, 5.41) is 0. The molecule has 0 aliphatic rings. The standard InChI is InChI=1S/C13H29N/c1-5-8-9-10-13(6-2)11-12-14(4)7-3/h13H,5-12H2,1-4H3. The second-order valence-corrected chi connectivity index (χ2v) is 4.45. The molecule has 0 saturated carbocycles. The Morgan fingerprint density at radius 3 is 2.21 bits per heavy atom. The molecule has 0 heterocycles. The molecule has 0 aromatic carbocycles. The lowest BCUT2D eigenvalue weighted by molar-refractivity contribution is 0.298. The van der Waals surface area contributed by atoms with Crippen molar-refractivity contribution in [3.05, 3.63) is 0 Å². The zero-order valence-corrected chi connectivity index (χ0v) is 10.7. The van der Waals surface area contributed by atoms with E-state index >= 15 is 0 Å². The first-order valence-electron chi connectivity index (χ1n) is 6.43. The number of unbranched alkanes of at least 4 members (excludes halogenated alkanes) is 2. The highest BCUT2D eigenvalue weighted by Gasteiger charge is 2.06. The van der Waals surface area contributed by atoms with Crippen molar-refractivity contribution in [1.82, 2.24) is 4.90 Å². The van der Waals surface area contributed by atoms with Crippen LogP contribution in [0.1, 0.15) is 59.3 Å². The maximum absolute atomic E-state index is 2.42. The van der Waals surface area contributed by atoms with Crippen LogP contribution in [0.4, 0.5) is 0 Å². The van der Waals surface area contributed by atoms with Gasteiger partial charge in [0.25, 0.3) is 0 Å². The average Bonchev–Trinajstić information content (AvgIpc) is 2.22. The first kappa shape index (κ1) is 14.0. The van der Waals surface area contributed by atoms with Gasteiger partial charge in [-0.25, -0.2) is 0 Å². The smallest absolute Gasteiger partial charge is 0.00193 e. The molecule has 1 heteroatoms. The minimum Gasteiger partial charge on any atom is -0.307 e. The van der Waals surface area contributed by atoms with Gasteiger partial charge < -0.3 is 4.90 Å². The van der Waals surface area contributed by atoms with E-state index in [1.807, 2.05) is 0 Å². The van der Waals surface area contributed by atoms with E-state index in [2.05, 4.69) is 32.7 Å². The Morgan fingerprint density at radius 2 is 1.71 bits per heavy atom. The highest BCUT2D eigenvalue weighted by Crippen LogP contribution is 2.17. The Morgan fingerprint density at radius 1 is 1.00 bits per heavy atom. The summed E-state index contributed by atoms with van der Waals surface area (Å²) in [6, 6.07) is 0. The SMILES string of the molecule is CCCCCC(CC)CCN(C)CC. The lowest BCUT2D eigenvalue weighted by Gasteiger charge is -2.19. The van der Waals surface area contributed by atoms with Gasteiger partial charge in [0, 0.05) is 0 Å². The van der Waals surface area contributed by atoms with Gasteiger partial charge in [-0.15, -0.1) is 0 Å². The van der Waals surface area contributed by atoms with Gasteiger partial charge in [0.05, 0.1) is 0 Å². The normalized spacial score (nSPS) is 13.5. The third-order valence-electron chi connectivity index (χ3n) is 3.25. The van der Waals surface area contributed by atoms with Crippen molar-refractivity contribution in [2.24, 2.45) is 5.92 Å². The van der Waals surface area contributed by atoms with Crippen molar-refractivity contribution in [3.63, 3.8) is 0 Å². The van der Waals surface area contributed by atoms with E-state index in [9.17, 15) is 0 Å². The zero-order chi connectivity index (χ0) is 10.8. The highest BCUT2D eigenvalue weighted by atomic mass is 15.1. The van der Waals surface area contributed by atoms with Crippen LogP contribution in [-0.2, 0) is 0 Å². The van der Waals surface area contributed by atoms with Crippen LogP contribution >= 0.6 is 0 Å². The molecule has 1 atom stereocenters. The molecule has 1 unspecified atom stereocenters. The van der Waals surface area contributed by atoms with Gasteiger partial charge in [-0.1, -0.05) is 52.9 Å². The first-order chi connectivity index (χ1) is 6.74. The molecular weight excluding hydrogens is 170 g/mol. The van der Waals surface area contributed by atoms with E-state index < -0.39 is 0 Å². The molecule has 0 amide bonds. The Labute approximate surface area is 90.9 Å². The Bertz CT molecular complexity index is 112. The van der Waals surface area contributed by atoms with Crippen LogP contribution < -0.4 is 0 Å². The summed E-state index contributed by atoms with van der Waals surface area (Å²) in [5.74, 6) is 0.968. The Kier molecular flexibility index (Phi) is 9.49. The van der Waals surface area contributed by atoms with Crippen LogP contribution in [0.15, 0.2) is 0 Å². The lowest BCUT2D eigenvalue weighted by Crippen LogP contribution is -2.21. The van der Waals surface area contributed by atoms with Gasteiger partial charge in [0.1, 0.15) is 0 Å². The van der Waals surface area contributed by atoms with E-state index in [4.69, 9.17) is 0 Å². The van der Waals surface area contributed by atoms with Crippen LogP contribution in [0.2, 0.25) is 0 Å². The minimum absolute atomic E-state index is 0.968. The zero-order valence-electron chi connectivity index (χ0n) is 10.7. The molecule has 0 radical (unpaired) electrons. The van der Waals surface area contributed by atoms with E-state index in [0.29, 0.717) is 0 Å². The highest BCUT2D eigenvalue weighted by molar-refractivity contribution is 4.60. The second-order valence-electron chi connectivity index (χ2n) is 4.45. The van der Waals surface area contributed by atoms with Crippen molar-refractivity contribution >= 4 is 0 Å². The van der Waals surface area contributed by atoms with Gasteiger partial charge >= 0.3 is 0 Å². The van der Waals surface area contributed by atoms with Crippen molar-refractivity contribution in [2.45, 2.75) is 59.3 Å². The van der Waals surface area contributed by atoms with Crippen LogP contribution in [0.25, 0.3) is 0 Å². The summed E-state index contributed by atoms with van der Waals surface area (Å²) in [6.07, 6.45) is 8.41. The average molecular weight is 199 g/mol. The molecule has 0 aliphatic carbocycles. The summed E-state index contributed by atoms with van der Waals surface area (Å²) in [6.45, 7) is 9.32. The number of nitrogens with zero attached hydrogens (tertiary/aromatic N) is 1. The molecule has 0 aromatic heterocycles. The van der Waals surface area contributed by atoms with Crippen LogP contribution in [0, 0.1) is 5.92 Å². The van der Waals surface area contributed by atoms with Crippen molar-refractivity contribution < 1.29 is 0 Å². The van der Waals surface area contributed by atoms with Crippen molar-refractivity contribution in [2.75, 3.05) is 20.1 Å². The summed E-state index contributed by atoms with van der Waals surface area (Å²) in [4.78, 5) is 2.42.